The summed E-state index contributed by atoms with van der Waals surface area (Å²) in [5.74, 6) is -2.40. The Morgan fingerprint density at radius 2 is 1.58 bits per heavy atom. The zero-order valence-corrected chi connectivity index (χ0v) is 13.2. The van der Waals surface area contributed by atoms with Crippen LogP contribution in [0.15, 0.2) is 33.5 Å². The molecule has 0 aromatic carbocycles. The Balaban J connectivity index is 4.93. The van der Waals surface area contributed by atoms with Crippen LogP contribution in [-0.4, -0.2) is 20.8 Å². The molecule has 0 bridgehead atoms. The minimum absolute atomic E-state index is 0.262. The molecular weight excluding hydrogens is 385 g/mol. The highest BCUT2D eigenvalue weighted by Gasteiger charge is 2.19. The van der Waals surface area contributed by atoms with Gasteiger partial charge in [-0.2, -0.15) is 0 Å². The summed E-state index contributed by atoms with van der Waals surface area (Å²) in [5, 5.41) is 7.04. The van der Waals surface area contributed by atoms with Crippen molar-refractivity contribution >= 4 is 81.5 Å². The lowest BCUT2D eigenvalue weighted by Gasteiger charge is -2.06. The van der Waals surface area contributed by atoms with Crippen LogP contribution in [0, 0.1) is 0 Å². The maximum absolute atomic E-state index is 11.1. The number of carboxylic acids is 1. The third-order valence-corrected chi connectivity index (χ3v) is 2.69. The molecule has 0 amide bonds. The minimum atomic E-state index is -1.82. The molecule has 0 spiro atoms. The van der Waals surface area contributed by atoms with Gasteiger partial charge in [0.15, 0.2) is 0 Å². The molecule has 0 aliphatic rings. The highest BCUT2D eigenvalue weighted by atomic mass is 35.6. The molecule has 0 unspecified atom stereocenters. The van der Waals surface area contributed by atoms with E-state index in [1.54, 1.807) is 0 Å². The van der Waals surface area contributed by atoms with Gasteiger partial charge in [0.05, 0.1) is 5.03 Å². The first-order valence-electron chi connectivity index (χ1n) is 4.16. The fraction of sp³-hybridized carbons (Fsp3) is 0.111. The molecule has 0 aliphatic heterocycles. The van der Waals surface area contributed by atoms with E-state index in [1.165, 1.54) is 0 Å². The zero-order valence-electron chi connectivity index (χ0n) is 8.67. The smallest absolute Gasteiger partial charge is 0.337 e. The van der Waals surface area contributed by atoms with E-state index in [4.69, 9.17) is 74.7 Å². The van der Waals surface area contributed by atoms with Gasteiger partial charge in [-0.25, -0.2) is 9.59 Å². The van der Waals surface area contributed by atoms with Gasteiger partial charge in [-0.1, -0.05) is 58.0 Å². The average molecular weight is 389 g/mol. The number of hydrogen-bond donors (Lipinski definition) is 1. The number of allylic oxidation sites excluding steroid dienone is 3. The maximum Gasteiger partial charge on any atom is 0.337 e. The van der Waals surface area contributed by atoms with Crippen LogP contribution in [0.5, 0.6) is 0 Å². The van der Waals surface area contributed by atoms with Gasteiger partial charge in [0.1, 0.15) is 5.03 Å². The van der Waals surface area contributed by atoms with Gasteiger partial charge in [-0.3, -0.25) is 0 Å². The number of halogens is 6. The van der Waals surface area contributed by atoms with E-state index in [0.29, 0.717) is 12.2 Å². The predicted molar refractivity (Wildman–Crippen MR) is 75.8 cm³/mol. The normalized spacial score (nSPS) is 14.3. The lowest BCUT2D eigenvalue weighted by atomic mass is 10.5. The van der Waals surface area contributed by atoms with E-state index in [-0.39, 0.29) is 10.1 Å². The number of carbonyl (C=O) groups is 2. The van der Waals surface area contributed by atoms with Crippen molar-refractivity contribution in [2.75, 3.05) is 0 Å². The fourth-order valence-corrected chi connectivity index (χ4v) is 1.67. The standard InChI is InChI=1S/C9H4Cl6O4/c10-4(3-9(13,14)15)7(11)8(12)19-6(18)2-1-5(16)17/h1-3H,(H,16,17)/b2-1-,4-3?,8-7?. The molecule has 4 nitrogen and oxygen atoms in total. The van der Waals surface area contributed by atoms with E-state index in [0.717, 1.165) is 6.08 Å². The van der Waals surface area contributed by atoms with Gasteiger partial charge in [-0.15, -0.1) is 0 Å². The van der Waals surface area contributed by atoms with Crippen molar-refractivity contribution in [2.45, 2.75) is 3.79 Å². The van der Waals surface area contributed by atoms with Crippen LogP contribution in [0.4, 0.5) is 0 Å². The molecule has 19 heavy (non-hydrogen) atoms. The van der Waals surface area contributed by atoms with Crippen LogP contribution in [0.2, 0.25) is 0 Å². The summed E-state index contributed by atoms with van der Waals surface area (Å²) in [5.41, 5.74) is 0. The quantitative estimate of drug-likeness (QED) is 0.256. The number of carbonyl (C=O) groups excluding carboxylic acids is 1. The molecule has 0 rings (SSSR count). The second-order valence-corrected chi connectivity index (χ2v) is 6.21. The second-order valence-electron chi connectivity index (χ2n) is 2.71. The molecule has 0 aliphatic carbocycles. The van der Waals surface area contributed by atoms with Crippen molar-refractivity contribution < 1.29 is 19.4 Å². The van der Waals surface area contributed by atoms with E-state index in [2.05, 4.69) is 4.74 Å². The highest BCUT2D eigenvalue weighted by molar-refractivity contribution is 6.69. The second kappa shape index (κ2) is 8.25. The number of aliphatic carboxylic acids is 1. The molecule has 0 atom stereocenters. The van der Waals surface area contributed by atoms with E-state index >= 15 is 0 Å². The number of hydrogen-bond acceptors (Lipinski definition) is 3. The predicted octanol–water partition coefficient (Wildman–Crippen LogP) is 4.31. The molecule has 0 aromatic heterocycles. The van der Waals surface area contributed by atoms with Gasteiger partial charge in [0.25, 0.3) is 0 Å². The monoisotopic (exact) mass is 386 g/mol. The van der Waals surface area contributed by atoms with Crippen molar-refractivity contribution in [3.05, 3.63) is 33.5 Å². The third-order valence-electron chi connectivity index (χ3n) is 1.22. The molecule has 0 saturated heterocycles. The summed E-state index contributed by atoms with van der Waals surface area (Å²) in [4.78, 5) is 21.2. The van der Waals surface area contributed by atoms with Gasteiger partial charge in [0.2, 0.25) is 9.01 Å². The van der Waals surface area contributed by atoms with Crippen LogP contribution < -0.4 is 0 Å². The minimum Gasteiger partial charge on any atom is -0.478 e. The Morgan fingerprint density at radius 1 is 1.05 bits per heavy atom. The first-order valence-corrected chi connectivity index (χ1v) is 6.43. The summed E-state index contributed by atoms with van der Waals surface area (Å²) in [6.07, 6.45) is 2.12. The first kappa shape index (κ1) is 18.9. The van der Waals surface area contributed by atoms with Crippen molar-refractivity contribution in [1.29, 1.82) is 0 Å². The molecule has 0 fully saturated rings. The third kappa shape index (κ3) is 9.44. The Bertz CT molecular complexity index is 460. The summed E-state index contributed by atoms with van der Waals surface area (Å²) < 4.78 is 2.65. The summed E-state index contributed by atoms with van der Waals surface area (Å²) in [6, 6.07) is 0. The summed E-state index contributed by atoms with van der Waals surface area (Å²) in [6.45, 7) is 0. The van der Waals surface area contributed by atoms with Crippen LogP contribution in [-0.2, 0) is 14.3 Å². The molecule has 0 saturated carbocycles. The van der Waals surface area contributed by atoms with Crippen LogP contribution in [0.3, 0.4) is 0 Å². The Labute approximate surface area is 138 Å². The van der Waals surface area contributed by atoms with Crippen molar-refractivity contribution in [3.63, 3.8) is 0 Å². The number of ether oxygens (including phenoxy) is 1. The maximum atomic E-state index is 11.1. The van der Waals surface area contributed by atoms with Crippen LogP contribution in [0.1, 0.15) is 0 Å². The molecule has 0 aromatic rings. The number of alkyl halides is 3. The number of esters is 1. The fourth-order valence-electron chi connectivity index (χ4n) is 0.607. The Kier molecular flexibility index (Phi) is 8.20. The van der Waals surface area contributed by atoms with E-state index in [1.807, 2.05) is 0 Å². The van der Waals surface area contributed by atoms with Crippen LogP contribution >= 0.6 is 69.6 Å². The summed E-state index contributed by atoms with van der Waals surface area (Å²) >= 11 is 33.1. The molecule has 0 heterocycles. The molecule has 0 radical (unpaired) electrons. The van der Waals surface area contributed by atoms with Crippen molar-refractivity contribution in [3.8, 4) is 0 Å². The molecule has 10 heteroatoms. The highest BCUT2D eigenvalue weighted by Crippen LogP contribution is 2.34. The van der Waals surface area contributed by atoms with Crippen molar-refractivity contribution in [2.24, 2.45) is 0 Å². The van der Waals surface area contributed by atoms with Crippen LogP contribution in [0.25, 0.3) is 0 Å². The first-order chi connectivity index (χ1) is 8.53. The molecule has 106 valence electrons. The zero-order chi connectivity index (χ0) is 15.2. The topological polar surface area (TPSA) is 63.6 Å². The SMILES string of the molecule is O=C(O)/C=C\C(=O)OC(Cl)=C(Cl)C(Cl)=CC(Cl)(Cl)Cl. The average Bonchev–Trinajstić information content (AvgIpc) is 2.22. The Hall–Kier alpha value is -0.100. The van der Waals surface area contributed by atoms with Gasteiger partial charge >= 0.3 is 11.9 Å². The molecule has 1 N–H and O–H groups in total. The largest absolute Gasteiger partial charge is 0.478 e. The summed E-state index contributed by atoms with van der Waals surface area (Å²) in [7, 11) is 0. The van der Waals surface area contributed by atoms with E-state index < -0.39 is 20.9 Å². The van der Waals surface area contributed by atoms with Gasteiger partial charge in [-0.05, 0) is 17.7 Å². The van der Waals surface area contributed by atoms with E-state index in [9.17, 15) is 9.59 Å². The lowest BCUT2D eigenvalue weighted by molar-refractivity contribution is -0.135. The van der Waals surface area contributed by atoms with Gasteiger partial charge < -0.3 is 9.84 Å². The van der Waals surface area contributed by atoms with Crippen molar-refractivity contribution in [1.82, 2.24) is 0 Å². The molecular formula is C9H4Cl6O4. The lowest BCUT2D eigenvalue weighted by Crippen LogP contribution is -2.01. The Morgan fingerprint density at radius 3 is 2.00 bits per heavy atom. The van der Waals surface area contributed by atoms with Gasteiger partial charge in [0, 0.05) is 12.2 Å². The number of rotatable bonds is 4. The number of carboxylic acid groups (broad SMARTS) is 1.